The number of carbonyl (C=O) groups excluding carboxylic acids is 3. The van der Waals surface area contributed by atoms with E-state index in [1.807, 2.05) is 19.0 Å². The summed E-state index contributed by atoms with van der Waals surface area (Å²) in [4.78, 5) is 43.2. The number of rotatable bonds is 7. The highest BCUT2D eigenvalue weighted by Gasteiger charge is 2.39. The number of hydrogen-bond acceptors (Lipinski definition) is 5. The number of nitrogens with one attached hydrogen (secondary N) is 1. The molecule has 1 aromatic carbocycles. The van der Waals surface area contributed by atoms with E-state index in [1.54, 1.807) is 12.1 Å². The summed E-state index contributed by atoms with van der Waals surface area (Å²) in [6.45, 7) is 1.24. The first-order valence-corrected chi connectivity index (χ1v) is 7.94. The molecule has 1 N–H and O–H groups in total. The predicted molar refractivity (Wildman–Crippen MR) is 90.8 cm³/mol. The number of likely N-dealkylation sites (N-methyl/N-ethyl adjacent to an activating group) is 1. The molecule has 25 heavy (non-hydrogen) atoms. The van der Waals surface area contributed by atoms with Gasteiger partial charge >= 0.3 is 6.03 Å². The number of barbiturate groups is 1. The molecule has 1 aliphatic heterocycles. The maximum atomic E-state index is 12.9. The van der Waals surface area contributed by atoms with Gasteiger partial charge in [0.15, 0.2) is 5.92 Å². The van der Waals surface area contributed by atoms with Crippen LogP contribution in [0.3, 0.4) is 0 Å². The first-order chi connectivity index (χ1) is 11.9. The fourth-order valence-corrected chi connectivity index (χ4v) is 2.30. The van der Waals surface area contributed by atoms with Crippen molar-refractivity contribution in [3.05, 3.63) is 35.6 Å². The van der Waals surface area contributed by atoms with Gasteiger partial charge in [0.25, 0.3) is 0 Å². The van der Waals surface area contributed by atoms with Gasteiger partial charge in [-0.25, -0.2) is 9.18 Å². The van der Waals surface area contributed by atoms with E-state index in [9.17, 15) is 18.8 Å². The lowest BCUT2D eigenvalue weighted by Gasteiger charge is -2.28. The largest absolute Gasteiger partial charge is 0.330 e. The van der Waals surface area contributed by atoms with E-state index in [0.29, 0.717) is 19.5 Å². The van der Waals surface area contributed by atoms with Crippen LogP contribution in [0.1, 0.15) is 5.56 Å². The molecule has 0 spiro atoms. The number of halogens is 1. The molecule has 0 bridgehead atoms. The molecule has 0 saturated carbocycles. The molecule has 1 fully saturated rings. The van der Waals surface area contributed by atoms with Crippen LogP contribution in [-0.4, -0.2) is 67.6 Å². The van der Waals surface area contributed by atoms with Gasteiger partial charge in [0, 0.05) is 19.3 Å². The normalized spacial score (nSPS) is 18.3. The van der Waals surface area contributed by atoms with Crippen LogP contribution in [0.2, 0.25) is 0 Å². The quantitative estimate of drug-likeness (QED) is 0.581. The Morgan fingerprint density at radius 2 is 1.92 bits per heavy atom. The van der Waals surface area contributed by atoms with Crippen molar-refractivity contribution in [3.63, 3.8) is 0 Å². The second kappa shape index (κ2) is 8.48. The minimum Gasteiger partial charge on any atom is -0.308 e. The zero-order valence-corrected chi connectivity index (χ0v) is 14.2. The highest BCUT2D eigenvalue weighted by molar-refractivity contribution is 6.23. The summed E-state index contributed by atoms with van der Waals surface area (Å²) in [6, 6.07) is 5.07. The number of hydrogen-bond donors (Lipinski definition) is 1. The molecule has 0 aliphatic carbocycles. The van der Waals surface area contributed by atoms with E-state index < -0.39 is 23.8 Å². The van der Waals surface area contributed by atoms with Crippen LogP contribution in [0.25, 0.3) is 0 Å². The summed E-state index contributed by atoms with van der Waals surface area (Å²) in [5.41, 5.74) is 0.787. The third-order valence-corrected chi connectivity index (χ3v) is 3.76. The van der Waals surface area contributed by atoms with Crippen LogP contribution in [-0.2, 0) is 16.0 Å². The van der Waals surface area contributed by atoms with Gasteiger partial charge in [0.1, 0.15) is 5.82 Å². The zero-order valence-electron chi connectivity index (χ0n) is 14.2. The van der Waals surface area contributed by atoms with Gasteiger partial charge in [0.05, 0.1) is 6.54 Å². The molecule has 1 saturated heterocycles. The Morgan fingerprint density at radius 1 is 1.24 bits per heavy atom. The molecule has 8 heteroatoms. The number of aliphatic imine (C=N–C) groups is 1. The van der Waals surface area contributed by atoms with Crippen molar-refractivity contribution >= 4 is 24.1 Å². The number of nitrogens with zero attached hydrogens (tertiary/aromatic N) is 3. The third kappa shape index (κ3) is 5.18. The van der Waals surface area contributed by atoms with Crippen molar-refractivity contribution < 1.29 is 18.8 Å². The molecule has 1 heterocycles. The van der Waals surface area contributed by atoms with Crippen molar-refractivity contribution in [2.24, 2.45) is 10.9 Å². The lowest BCUT2D eigenvalue weighted by atomic mass is 10.1. The number of imide groups is 2. The maximum absolute atomic E-state index is 12.9. The molecule has 0 aromatic heterocycles. The van der Waals surface area contributed by atoms with Crippen LogP contribution in [0, 0.1) is 11.7 Å². The fourth-order valence-electron chi connectivity index (χ4n) is 2.30. The first kappa shape index (κ1) is 18.7. The Balaban J connectivity index is 1.99. The van der Waals surface area contributed by atoms with Gasteiger partial charge < -0.3 is 4.90 Å². The van der Waals surface area contributed by atoms with Crippen molar-refractivity contribution in [3.8, 4) is 0 Å². The summed E-state index contributed by atoms with van der Waals surface area (Å²) >= 11 is 0. The molecule has 1 aliphatic rings. The summed E-state index contributed by atoms with van der Waals surface area (Å²) in [5.74, 6) is -2.71. The number of benzene rings is 1. The summed E-state index contributed by atoms with van der Waals surface area (Å²) < 4.78 is 12.9. The third-order valence-electron chi connectivity index (χ3n) is 3.76. The molecule has 134 valence electrons. The molecule has 0 radical (unpaired) electrons. The lowest BCUT2D eigenvalue weighted by molar-refractivity contribution is -0.139. The number of carbonyl (C=O) groups is 3. The molecule has 1 atom stereocenters. The molecule has 2 rings (SSSR count). The van der Waals surface area contributed by atoms with Gasteiger partial charge in [-0.2, -0.15) is 0 Å². The lowest BCUT2D eigenvalue weighted by Crippen LogP contribution is -2.58. The Morgan fingerprint density at radius 3 is 2.56 bits per heavy atom. The van der Waals surface area contributed by atoms with Crippen molar-refractivity contribution in [2.45, 2.75) is 6.42 Å². The van der Waals surface area contributed by atoms with E-state index in [1.165, 1.54) is 18.3 Å². The van der Waals surface area contributed by atoms with E-state index in [-0.39, 0.29) is 12.4 Å². The second-order valence-electron chi connectivity index (χ2n) is 6.00. The minimum atomic E-state index is -1.10. The van der Waals surface area contributed by atoms with Crippen LogP contribution in [0.4, 0.5) is 9.18 Å². The first-order valence-electron chi connectivity index (χ1n) is 7.94. The van der Waals surface area contributed by atoms with E-state index >= 15 is 0 Å². The van der Waals surface area contributed by atoms with Crippen molar-refractivity contribution in [2.75, 3.05) is 33.7 Å². The van der Waals surface area contributed by atoms with Crippen LogP contribution in [0.15, 0.2) is 29.3 Å². The smallest absolute Gasteiger partial charge is 0.308 e. The topological polar surface area (TPSA) is 82.1 Å². The highest BCUT2D eigenvalue weighted by atomic mass is 19.1. The molecule has 1 aromatic rings. The van der Waals surface area contributed by atoms with Gasteiger partial charge in [-0.15, -0.1) is 0 Å². The maximum Gasteiger partial charge on any atom is 0.330 e. The monoisotopic (exact) mass is 348 g/mol. The van der Waals surface area contributed by atoms with Gasteiger partial charge in [-0.1, -0.05) is 12.1 Å². The Kier molecular flexibility index (Phi) is 6.35. The predicted octanol–water partition coefficient (Wildman–Crippen LogP) is 0.695. The molecule has 1 unspecified atom stereocenters. The standard InChI is InChI=1S/C17H21FN4O3/c1-21(2)10-8-19-11-14-15(23)20-17(25)22(16(14)24)9-7-12-3-5-13(18)6-4-12/h3-6,11,14H,7-10H2,1-2H3,(H,20,23,25). The summed E-state index contributed by atoms with van der Waals surface area (Å²) in [6.07, 6.45) is 1.66. The van der Waals surface area contributed by atoms with Gasteiger partial charge in [0.2, 0.25) is 11.8 Å². The molecular formula is C17H21FN4O3. The molecule has 4 amide bonds. The SMILES string of the molecule is CN(C)CCN=CC1C(=O)NC(=O)N(CCc2ccc(F)cc2)C1=O. The highest BCUT2D eigenvalue weighted by Crippen LogP contribution is 2.11. The second-order valence-corrected chi connectivity index (χ2v) is 6.00. The van der Waals surface area contributed by atoms with Gasteiger partial charge in [-0.3, -0.25) is 24.8 Å². The Hall–Kier alpha value is -2.61. The zero-order chi connectivity index (χ0) is 18.4. The summed E-state index contributed by atoms with van der Waals surface area (Å²) in [7, 11) is 3.79. The van der Waals surface area contributed by atoms with Crippen molar-refractivity contribution in [1.29, 1.82) is 0 Å². The Bertz CT molecular complexity index is 673. The molecule has 7 nitrogen and oxygen atoms in total. The number of urea groups is 1. The van der Waals surface area contributed by atoms with Crippen LogP contribution >= 0.6 is 0 Å². The Labute approximate surface area is 145 Å². The number of amides is 4. The van der Waals surface area contributed by atoms with Crippen LogP contribution < -0.4 is 5.32 Å². The average molecular weight is 348 g/mol. The minimum absolute atomic E-state index is 0.103. The fraction of sp³-hybridized carbons (Fsp3) is 0.412. The van der Waals surface area contributed by atoms with E-state index in [0.717, 1.165) is 10.5 Å². The van der Waals surface area contributed by atoms with E-state index in [2.05, 4.69) is 10.3 Å². The van der Waals surface area contributed by atoms with E-state index in [4.69, 9.17) is 0 Å². The summed E-state index contributed by atoms with van der Waals surface area (Å²) in [5, 5.41) is 2.17. The molecular weight excluding hydrogens is 327 g/mol. The van der Waals surface area contributed by atoms with Crippen LogP contribution in [0.5, 0.6) is 0 Å². The average Bonchev–Trinajstić information content (AvgIpc) is 2.55. The van der Waals surface area contributed by atoms with Gasteiger partial charge in [-0.05, 0) is 38.2 Å². The van der Waals surface area contributed by atoms with Crippen molar-refractivity contribution in [1.82, 2.24) is 15.1 Å².